The normalized spacial score (nSPS) is 0. The van der Waals surface area contributed by atoms with E-state index in [1.807, 2.05) is 0 Å². The zero-order valence-electron chi connectivity index (χ0n) is 25.9. The molecule has 0 amide bonds. The predicted octanol–water partition coefficient (Wildman–Crippen LogP) is 12.2. The van der Waals surface area contributed by atoms with Gasteiger partial charge in [0.2, 0.25) is 0 Å². The van der Waals surface area contributed by atoms with E-state index in [2.05, 4.69) is 0 Å². The van der Waals surface area contributed by atoms with Crippen molar-refractivity contribution >= 4 is 99.0 Å². The van der Waals surface area contributed by atoms with Gasteiger partial charge in [-0.3, -0.25) is 0 Å². The Labute approximate surface area is 400 Å². The van der Waals surface area contributed by atoms with Crippen molar-refractivity contribution in [2.24, 2.45) is 0 Å². The molecule has 0 aromatic rings. The second-order valence-electron chi connectivity index (χ2n) is 0. The van der Waals surface area contributed by atoms with Crippen LogP contribution in [0.1, 0.15) is 0 Å². The topological polar surface area (TPSA) is 335 Å². The van der Waals surface area contributed by atoms with E-state index in [1.54, 1.807) is 0 Å². The molecular formula is C10H80Cu10N10P10-14. The molecule has 344 valence electrons. The van der Waals surface area contributed by atoms with Gasteiger partial charge in [-0.1, -0.05) is 0 Å². The summed E-state index contributed by atoms with van der Waals surface area (Å²) in [6, 6.07) is 0. The van der Waals surface area contributed by atoms with E-state index in [-0.39, 0.29) is 405 Å². The summed E-state index contributed by atoms with van der Waals surface area (Å²) in [5, 5.41) is 0. The Balaban J connectivity index is 0. The van der Waals surface area contributed by atoms with Crippen LogP contribution in [0.25, 0.3) is 61.5 Å². The largest absolute Gasteiger partial charge is 2.00 e. The summed E-state index contributed by atoms with van der Waals surface area (Å²) in [6.45, 7) is 0. The van der Waals surface area contributed by atoms with Gasteiger partial charge in [0.25, 0.3) is 0 Å². The smallest absolute Gasteiger partial charge is 0.693 e. The van der Waals surface area contributed by atoms with Crippen molar-refractivity contribution in [1.29, 1.82) is 0 Å². The Morgan fingerprint density at radius 3 is 0.150 bits per heavy atom. The Morgan fingerprint density at radius 1 is 0.150 bits per heavy atom. The molecule has 0 aromatic carbocycles. The first-order chi connectivity index (χ1) is 0. The molecular weight excluding hydrogens is 1210 g/mol. The number of hydrogen-bond donors (Lipinski definition) is 0. The summed E-state index contributed by atoms with van der Waals surface area (Å²) in [5.41, 5.74) is 0. The number of hydrogen-bond acceptors (Lipinski definition) is 0. The van der Waals surface area contributed by atoms with E-state index in [0.717, 1.165) is 0 Å². The van der Waals surface area contributed by atoms with Gasteiger partial charge >= 0.3 is 68.3 Å². The van der Waals surface area contributed by atoms with Crippen LogP contribution in [0.3, 0.4) is 0 Å². The minimum absolute atomic E-state index is 0. The minimum Gasteiger partial charge on any atom is -0.693 e. The van der Waals surface area contributed by atoms with Gasteiger partial charge in [0.15, 0.2) is 0 Å². The molecule has 0 spiro atoms. The minimum atomic E-state index is 0. The van der Waals surface area contributed by atoms with Gasteiger partial charge in [-0.05, 0) is 0 Å². The maximum atomic E-state index is 0. The van der Waals surface area contributed by atoms with Gasteiger partial charge in [-0.15, -0.1) is 0 Å². The van der Waals surface area contributed by atoms with Crippen LogP contribution in [0.4, 0.5) is 0 Å². The molecule has 10 nitrogen and oxygen atoms in total. The zero-order chi connectivity index (χ0) is 0. The molecule has 10 unspecified atom stereocenters. The summed E-state index contributed by atoms with van der Waals surface area (Å²) in [4.78, 5) is 0. The standard InChI is InChI=1S/10CH3.10Cu.10H2N.10H3P/h10*1H3;;;;;;;;;;;10*1H2;10*1H3/q10*-1;;;;;;;2*+1;2*+2;10*-1;;;;;;;;;;. The second-order valence-corrected chi connectivity index (χ2v) is 0. The Hall–Kier alpha value is 9.09. The van der Waals surface area contributed by atoms with Gasteiger partial charge in [0.1, 0.15) is 0 Å². The molecule has 10 atom stereocenters. The first-order valence-corrected chi connectivity index (χ1v) is 0. The summed E-state index contributed by atoms with van der Waals surface area (Å²) < 4.78 is 0. The van der Waals surface area contributed by atoms with E-state index >= 15 is 0 Å². The second kappa shape index (κ2) is 1290. The van der Waals surface area contributed by atoms with Gasteiger partial charge in [0.05, 0.1) is 0 Å². The summed E-state index contributed by atoms with van der Waals surface area (Å²) in [5.74, 6) is 0. The van der Waals surface area contributed by atoms with Crippen molar-refractivity contribution in [2.45, 2.75) is 0 Å². The van der Waals surface area contributed by atoms with Crippen molar-refractivity contribution < 1.29 is 171 Å². The zero-order valence-corrected chi connectivity index (χ0v) is 49.4. The molecule has 20 N–H and O–H groups in total. The van der Waals surface area contributed by atoms with Crippen molar-refractivity contribution in [2.75, 3.05) is 0 Å². The van der Waals surface area contributed by atoms with Crippen molar-refractivity contribution in [1.82, 2.24) is 0 Å². The molecule has 0 aliphatic heterocycles. The molecule has 0 aromatic heterocycles. The van der Waals surface area contributed by atoms with Crippen LogP contribution in [0, 0.1) is 74.3 Å². The fraction of sp³-hybridized carbons (Fsp3) is 0. The first-order valence-electron chi connectivity index (χ1n) is 0. The molecule has 0 fully saturated rings. The summed E-state index contributed by atoms with van der Waals surface area (Å²) >= 11 is 0. The monoisotopic (exact) mass is 1280 g/mol. The van der Waals surface area contributed by atoms with E-state index < -0.39 is 0 Å². The average Bonchev–Trinajstić information content (AvgIpc) is 0. The maximum Gasteiger partial charge on any atom is 2.00 e. The molecule has 0 rings (SSSR count). The van der Waals surface area contributed by atoms with Gasteiger partial charge in [0, 0.05) is 102 Å². The fourth-order valence-corrected chi connectivity index (χ4v) is 0. The van der Waals surface area contributed by atoms with Gasteiger partial charge < -0.3 is 136 Å². The van der Waals surface area contributed by atoms with Crippen LogP contribution in [0.15, 0.2) is 0 Å². The van der Waals surface area contributed by atoms with E-state index in [4.69, 9.17) is 0 Å². The Bertz CT molecular complexity index is 80.0. The molecule has 0 bridgehead atoms. The van der Waals surface area contributed by atoms with Crippen LogP contribution < -0.4 is 0 Å². The average molecular weight is 1290 g/mol. The van der Waals surface area contributed by atoms with Crippen LogP contribution in [-0.4, -0.2) is 0 Å². The Kier molecular flexibility index (Phi) is 44300. The molecule has 0 aliphatic rings. The van der Waals surface area contributed by atoms with Crippen molar-refractivity contribution in [3.8, 4) is 0 Å². The summed E-state index contributed by atoms with van der Waals surface area (Å²) in [6.07, 6.45) is 0. The number of rotatable bonds is 0. The molecule has 0 saturated carbocycles. The van der Waals surface area contributed by atoms with E-state index in [1.165, 1.54) is 0 Å². The number of nitrogens with two attached hydrogens (primary N) is 10. The maximum absolute atomic E-state index is 0. The molecule has 0 saturated heterocycles. The van der Waals surface area contributed by atoms with Crippen molar-refractivity contribution in [3.05, 3.63) is 136 Å². The van der Waals surface area contributed by atoms with Crippen LogP contribution in [0.2, 0.25) is 0 Å². The van der Waals surface area contributed by atoms with Crippen LogP contribution >= 0.6 is 99.0 Å². The third kappa shape index (κ3) is 1210. The first kappa shape index (κ1) is 1370. The van der Waals surface area contributed by atoms with Gasteiger partial charge in [-0.2, -0.15) is 99.0 Å². The Morgan fingerprint density at radius 2 is 0.150 bits per heavy atom. The third-order valence-electron chi connectivity index (χ3n) is 0. The fourth-order valence-electron chi connectivity index (χ4n) is 0. The van der Waals surface area contributed by atoms with Crippen molar-refractivity contribution in [3.63, 3.8) is 0 Å². The van der Waals surface area contributed by atoms with E-state index in [9.17, 15) is 0 Å². The van der Waals surface area contributed by atoms with E-state index in [0.29, 0.717) is 0 Å². The third-order valence-corrected chi connectivity index (χ3v) is 0. The van der Waals surface area contributed by atoms with Crippen LogP contribution in [0.5, 0.6) is 0 Å². The molecule has 0 heterocycles. The van der Waals surface area contributed by atoms with Crippen LogP contribution in [-0.2, 0) is 171 Å². The van der Waals surface area contributed by atoms with Gasteiger partial charge in [-0.25, -0.2) is 0 Å². The molecule has 40 heavy (non-hydrogen) atoms. The molecule has 8 radical (unpaired) electrons. The quantitative estimate of drug-likeness (QED) is 0.124. The molecule has 30 heteroatoms. The predicted molar refractivity (Wildman–Crippen MR) is 228 cm³/mol. The SMILES string of the molecule is P.P.P.P.P.P.P.P.P.P.[CH3-].[CH3-].[CH3-].[CH3-].[CH3-].[CH3-].[CH3-].[CH3-].[CH3-].[CH3-].[Cu+2].[Cu+2].[Cu+].[Cu+].[Cu].[Cu].[Cu].[Cu].[Cu].[Cu].[NH2-].[NH2-].[NH2-].[NH2-].[NH2-].[NH2-].[NH2-].[NH2-].[NH2-].[NH2-]. The summed E-state index contributed by atoms with van der Waals surface area (Å²) in [7, 11) is 0. The molecule has 0 aliphatic carbocycles.